The summed E-state index contributed by atoms with van der Waals surface area (Å²) >= 11 is 0. The second-order valence-electron chi connectivity index (χ2n) is 6.00. The molecular weight excluding hydrogens is 253 g/mol. The van der Waals surface area contributed by atoms with Crippen LogP contribution in [0.1, 0.15) is 18.4 Å². The average Bonchev–Trinajstić information content (AvgIpc) is 2.94. The van der Waals surface area contributed by atoms with E-state index >= 15 is 0 Å². The second-order valence-corrected chi connectivity index (χ2v) is 6.00. The van der Waals surface area contributed by atoms with Gasteiger partial charge in [-0.15, -0.1) is 0 Å². The molecule has 2 aliphatic heterocycles. The Morgan fingerprint density at radius 2 is 1.95 bits per heavy atom. The lowest BCUT2D eigenvalue weighted by molar-refractivity contribution is 0.120. The lowest BCUT2D eigenvalue weighted by atomic mass is 10.1. The topological polar surface area (TPSA) is 18.5 Å². The van der Waals surface area contributed by atoms with Crippen molar-refractivity contribution in [2.75, 3.05) is 39.3 Å². The number of nitrogens with zero attached hydrogens (tertiary/aromatic N) is 2. The molecule has 1 atom stereocenters. The van der Waals surface area contributed by atoms with Crippen molar-refractivity contribution in [1.29, 1.82) is 0 Å². The Morgan fingerprint density at radius 1 is 1.15 bits per heavy atom. The molecule has 0 amide bonds. The zero-order valence-corrected chi connectivity index (χ0v) is 12.0. The van der Waals surface area contributed by atoms with Gasteiger partial charge in [0.2, 0.25) is 0 Å². The molecule has 1 N–H and O–H groups in total. The Kier molecular flexibility index (Phi) is 4.65. The molecule has 1 aromatic carbocycles. The van der Waals surface area contributed by atoms with Crippen molar-refractivity contribution in [2.24, 2.45) is 0 Å². The summed E-state index contributed by atoms with van der Waals surface area (Å²) in [6, 6.07) is 7.67. The molecule has 0 aromatic heterocycles. The number of halogens is 1. The van der Waals surface area contributed by atoms with E-state index in [9.17, 15) is 4.39 Å². The van der Waals surface area contributed by atoms with Gasteiger partial charge in [-0.3, -0.25) is 9.80 Å². The third-order valence-corrected chi connectivity index (χ3v) is 4.40. The van der Waals surface area contributed by atoms with E-state index in [1.54, 1.807) is 12.1 Å². The average molecular weight is 277 g/mol. The van der Waals surface area contributed by atoms with Crippen LogP contribution in [0.25, 0.3) is 0 Å². The largest absolute Gasteiger partial charge is 0.313 e. The van der Waals surface area contributed by atoms with Crippen LogP contribution in [0.4, 0.5) is 4.39 Å². The van der Waals surface area contributed by atoms with Gasteiger partial charge in [0, 0.05) is 45.3 Å². The first-order valence-electron chi connectivity index (χ1n) is 7.72. The number of hydrogen-bond acceptors (Lipinski definition) is 3. The molecule has 1 aromatic rings. The summed E-state index contributed by atoms with van der Waals surface area (Å²) in [5.41, 5.74) is 1.08. The quantitative estimate of drug-likeness (QED) is 0.903. The van der Waals surface area contributed by atoms with E-state index in [4.69, 9.17) is 0 Å². The zero-order valence-electron chi connectivity index (χ0n) is 12.0. The highest BCUT2D eigenvalue weighted by Crippen LogP contribution is 2.12. The molecule has 3 rings (SSSR count). The van der Waals surface area contributed by atoms with Crippen LogP contribution in [-0.2, 0) is 6.54 Å². The molecule has 2 aliphatic rings. The van der Waals surface area contributed by atoms with Crippen molar-refractivity contribution >= 4 is 0 Å². The van der Waals surface area contributed by atoms with Crippen LogP contribution in [0.5, 0.6) is 0 Å². The molecular formula is C16H24FN3. The van der Waals surface area contributed by atoms with Crippen LogP contribution in [-0.4, -0.2) is 55.1 Å². The maximum Gasteiger partial charge on any atom is 0.123 e. The van der Waals surface area contributed by atoms with Crippen molar-refractivity contribution in [3.05, 3.63) is 35.6 Å². The van der Waals surface area contributed by atoms with E-state index in [0.29, 0.717) is 6.04 Å². The van der Waals surface area contributed by atoms with E-state index in [1.165, 1.54) is 32.0 Å². The molecule has 3 nitrogen and oxygen atoms in total. The van der Waals surface area contributed by atoms with Gasteiger partial charge in [-0.25, -0.2) is 4.39 Å². The Bertz CT molecular complexity index is 423. The third-order valence-electron chi connectivity index (χ3n) is 4.40. The number of hydrogen-bond donors (Lipinski definition) is 1. The van der Waals surface area contributed by atoms with Gasteiger partial charge >= 0.3 is 0 Å². The minimum atomic E-state index is -0.131. The van der Waals surface area contributed by atoms with Crippen LogP contribution in [0.3, 0.4) is 0 Å². The molecule has 2 fully saturated rings. The van der Waals surface area contributed by atoms with E-state index in [-0.39, 0.29) is 5.82 Å². The van der Waals surface area contributed by atoms with Gasteiger partial charge in [-0.05, 0) is 37.1 Å². The lowest BCUT2D eigenvalue weighted by Gasteiger charge is -2.36. The summed E-state index contributed by atoms with van der Waals surface area (Å²) in [5, 5.41) is 3.56. The summed E-state index contributed by atoms with van der Waals surface area (Å²) in [6.45, 7) is 7.68. The van der Waals surface area contributed by atoms with Crippen LogP contribution in [0.15, 0.2) is 24.3 Å². The molecule has 2 heterocycles. The number of nitrogens with one attached hydrogen (secondary N) is 1. The Hall–Kier alpha value is -0.970. The predicted molar refractivity (Wildman–Crippen MR) is 79.1 cm³/mol. The van der Waals surface area contributed by atoms with Crippen LogP contribution in [0.2, 0.25) is 0 Å². The summed E-state index contributed by atoms with van der Waals surface area (Å²) in [4.78, 5) is 4.98. The first-order valence-corrected chi connectivity index (χ1v) is 7.72. The van der Waals surface area contributed by atoms with Crippen molar-refractivity contribution in [3.63, 3.8) is 0 Å². The third kappa shape index (κ3) is 3.78. The van der Waals surface area contributed by atoms with Gasteiger partial charge in [0.15, 0.2) is 0 Å². The summed E-state index contributed by atoms with van der Waals surface area (Å²) in [5.74, 6) is -0.131. The minimum absolute atomic E-state index is 0.131. The number of piperazine rings is 1. The van der Waals surface area contributed by atoms with E-state index in [1.807, 2.05) is 6.07 Å². The first kappa shape index (κ1) is 14.0. The molecule has 4 heteroatoms. The molecule has 0 spiro atoms. The highest BCUT2D eigenvalue weighted by molar-refractivity contribution is 5.16. The molecule has 0 aliphatic carbocycles. The smallest absolute Gasteiger partial charge is 0.123 e. The molecule has 0 saturated carbocycles. The molecule has 20 heavy (non-hydrogen) atoms. The molecule has 110 valence electrons. The maximum absolute atomic E-state index is 13.2. The maximum atomic E-state index is 13.2. The highest BCUT2D eigenvalue weighted by atomic mass is 19.1. The fourth-order valence-electron chi connectivity index (χ4n) is 3.25. The van der Waals surface area contributed by atoms with Gasteiger partial charge in [0.25, 0.3) is 0 Å². The van der Waals surface area contributed by atoms with Crippen molar-refractivity contribution in [1.82, 2.24) is 15.1 Å². The minimum Gasteiger partial charge on any atom is -0.313 e. The summed E-state index contributed by atoms with van der Waals surface area (Å²) in [6.07, 6.45) is 2.65. The molecule has 0 bridgehead atoms. The van der Waals surface area contributed by atoms with E-state index < -0.39 is 0 Å². The van der Waals surface area contributed by atoms with Crippen LogP contribution in [0, 0.1) is 5.82 Å². The SMILES string of the molecule is Fc1cccc(CN2CCN(CC3CCCN3)CC2)c1. The summed E-state index contributed by atoms with van der Waals surface area (Å²) < 4.78 is 13.2. The Labute approximate surface area is 120 Å². The first-order chi connectivity index (χ1) is 9.79. The van der Waals surface area contributed by atoms with Crippen LogP contribution < -0.4 is 5.32 Å². The predicted octanol–water partition coefficient (Wildman–Crippen LogP) is 1.70. The van der Waals surface area contributed by atoms with Crippen molar-refractivity contribution in [2.45, 2.75) is 25.4 Å². The molecule has 1 unspecified atom stereocenters. The number of benzene rings is 1. The van der Waals surface area contributed by atoms with E-state index in [2.05, 4.69) is 15.1 Å². The van der Waals surface area contributed by atoms with Crippen molar-refractivity contribution in [3.8, 4) is 0 Å². The zero-order chi connectivity index (χ0) is 13.8. The van der Waals surface area contributed by atoms with Gasteiger partial charge in [0.05, 0.1) is 0 Å². The molecule has 2 saturated heterocycles. The monoisotopic (exact) mass is 277 g/mol. The van der Waals surface area contributed by atoms with Gasteiger partial charge in [-0.2, -0.15) is 0 Å². The van der Waals surface area contributed by atoms with Gasteiger partial charge < -0.3 is 5.32 Å². The normalized spacial score (nSPS) is 25.1. The fourth-order valence-corrected chi connectivity index (χ4v) is 3.25. The van der Waals surface area contributed by atoms with Crippen molar-refractivity contribution < 1.29 is 4.39 Å². The fraction of sp³-hybridized carbons (Fsp3) is 0.625. The van der Waals surface area contributed by atoms with Crippen LogP contribution >= 0.6 is 0 Å². The Balaban J connectivity index is 1.43. The lowest BCUT2D eigenvalue weighted by Crippen LogP contribution is -2.49. The van der Waals surface area contributed by atoms with Gasteiger partial charge in [0.1, 0.15) is 5.82 Å². The summed E-state index contributed by atoms with van der Waals surface area (Å²) in [7, 11) is 0. The highest BCUT2D eigenvalue weighted by Gasteiger charge is 2.21. The molecule has 0 radical (unpaired) electrons. The van der Waals surface area contributed by atoms with E-state index in [0.717, 1.165) is 38.3 Å². The standard InChI is InChI=1S/C16H24FN3/c17-15-4-1-3-14(11-15)12-19-7-9-20(10-8-19)13-16-5-2-6-18-16/h1,3-4,11,16,18H,2,5-10,12-13H2. The second kappa shape index (κ2) is 6.66. The van der Waals surface area contributed by atoms with Gasteiger partial charge in [-0.1, -0.05) is 12.1 Å². The Morgan fingerprint density at radius 3 is 2.65 bits per heavy atom. The number of rotatable bonds is 4.